The monoisotopic (exact) mass is 278 g/mol. The predicted octanol–water partition coefficient (Wildman–Crippen LogP) is 1.80. The zero-order chi connectivity index (χ0) is 14.3. The molecular formula is C16H26N2O2. The maximum Gasteiger partial charge on any atom is 0.233 e. The van der Waals surface area contributed by atoms with Crippen LogP contribution in [0.1, 0.15) is 46.0 Å². The number of nitrogens with one attached hydrogen (secondary N) is 1. The van der Waals surface area contributed by atoms with E-state index in [-0.39, 0.29) is 23.7 Å². The van der Waals surface area contributed by atoms with Gasteiger partial charge >= 0.3 is 0 Å². The van der Waals surface area contributed by atoms with Crippen molar-refractivity contribution in [2.24, 2.45) is 23.7 Å². The van der Waals surface area contributed by atoms with Crippen LogP contribution in [0.3, 0.4) is 0 Å². The summed E-state index contributed by atoms with van der Waals surface area (Å²) in [5.74, 6) is 1.31. The van der Waals surface area contributed by atoms with Gasteiger partial charge in [-0.2, -0.15) is 0 Å². The summed E-state index contributed by atoms with van der Waals surface area (Å²) in [6.07, 6.45) is 5.35. The molecule has 1 saturated carbocycles. The Morgan fingerprint density at radius 3 is 2.45 bits per heavy atom. The van der Waals surface area contributed by atoms with Crippen molar-refractivity contribution >= 4 is 11.8 Å². The van der Waals surface area contributed by atoms with Crippen molar-refractivity contribution in [3.05, 3.63) is 0 Å². The van der Waals surface area contributed by atoms with Crippen LogP contribution in [0.25, 0.3) is 0 Å². The highest BCUT2D eigenvalue weighted by Gasteiger charge is 2.52. The Morgan fingerprint density at radius 1 is 1.20 bits per heavy atom. The number of likely N-dealkylation sites (tertiary alicyclic amines) is 1. The van der Waals surface area contributed by atoms with E-state index in [1.54, 1.807) is 4.90 Å². The molecule has 2 aliphatic heterocycles. The second-order valence-corrected chi connectivity index (χ2v) is 6.95. The Bertz CT molecular complexity index is 385. The van der Waals surface area contributed by atoms with Gasteiger partial charge in [0.25, 0.3) is 0 Å². The molecule has 2 heterocycles. The number of fused-ring (bicyclic) bond motifs is 1. The lowest BCUT2D eigenvalue weighted by atomic mass is 9.88. The number of hydrogen-bond donors (Lipinski definition) is 1. The molecule has 4 atom stereocenters. The van der Waals surface area contributed by atoms with Crippen molar-refractivity contribution in [3.8, 4) is 0 Å². The minimum Gasteiger partial charge on any atom is -0.312 e. The maximum atomic E-state index is 12.5. The Morgan fingerprint density at radius 2 is 1.85 bits per heavy atom. The molecule has 4 nitrogen and oxygen atoms in total. The van der Waals surface area contributed by atoms with Crippen molar-refractivity contribution < 1.29 is 9.59 Å². The number of carbonyl (C=O) groups excluding carboxylic acids is 2. The van der Waals surface area contributed by atoms with Gasteiger partial charge in [-0.15, -0.1) is 0 Å². The number of amides is 2. The fourth-order valence-corrected chi connectivity index (χ4v) is 4.44. The van der Waals surface area contributed by atoms with Gasteiger partial charge in [-0.3, -0.25) is 14.5 Å². The van der Waals surface area contributed by atoms with E-state index in [2.05, 4.69) is 19.2 Å². The molecule has 4 heteroatoms. The normalized spacial score (nSPS) is 41.3. The van der Waals surface area contributed by atoms with Crippen molar-refractivity contribution in [1.82, 2.24) is 10.2 Å². The van der Waals surface area contributed by atoms with Gasteiger partial charge in [0.05, 0.1) is 11.8 Å². The molecular weight excluding hydrogens is 252 g/mol. The van der Waals surface area contributed by atoms with E-state index < -0.39 is 0 Å². The van der Waals surface area contributed by atoms with E-state index in [0.29, 0.717) is 24.4 Å². The number of rotatable bonds is 3. The second-order valence-electron chi connectivity index (χ2n) is 6.95. The van der Waals surface area contributed by atoms with Crippen LogP contribution in [0.5, 0.6) is 0 Å². The fourth-order valence-electron chi connectivity index (χ4n) is 4.44. The highest BCUT2D eigenvalue weighted by molar-refractivity contribution is 6.05. The first-order valence-corrected chi connectivity index (χ1v) is 8.20. The summed E-state index contributed by atoms with van der Waals surface area (Å²) in [6, 6.07) is 0.304. The summed E-state index contributed by atoms with van der Waals surface area (Å²) in [4.78, 5) is 26.6. The molecule has 4 unspecified atom stereocenters. The van der Waals surface area contributed by atoms with Gasteiger partial charge < -0.3 is 5.32 Å². The van der Waals surface area contributed by atoms with Crippen molar-refractivity contribution in [2.75, 3.05) is 13.1 Å². The van der Waals surface area contributed by atoms with Gasteiger partial charge in [-0.25, -0.2) is 0 Å². The zero-order valence-corrected chi connectivity index (χ0v) is 12.6. The molecule has 2 saturated heterocycles. The molecule has 0 radical (unpaired) electrons. The summed E-state index contributed by atoms with van der Waals surface area (Å²) in [7, 11) is 0. The fraction of sp³-hybridized carbons (Fsp3) is 0.875. The van der Waals surface area contributed by atoms with Crippen LogP contribution in [0, 0.1) is 23.7 Å². The minimum atomic E-state index is -0.0128. The number of carbonyl (C=O) groups is 2. The van der Waals surface area contributed by atoms with Crippen molar-refractivity contribution in [3.63, 3.8) is 0 Å². The third-order valence-corrected chi connectivity index (χ3v) is 5.60. The number of piperidine rings is 1. The van der Waals surface area contributed by atoms with Crippen LogP contribution in [0.15, 0.2) is 0 Å². The standard InChI is InChI=1S/C16H26N2O2/c1-3-11-5-4-6-17-14(11)9-18-15(19)12-7-10(2)8-13(12)16(18)20/h10-14,17H,3-9H2,1-2H3. The van der Waals surface area contributed by atoms with Gasteiger partial charge in [-0.05, 0) is 44.1 Å². The average molecular weight is 278 g/mol. The van der Waals surface area contributed by atoms with Gasteiger partial charge in [-0.1, -0.05) is 20.3 Å². The third-order valence-electron chi connectivity index (χ3n) is 5.60. The lowest BCUT2D eigenvalue weighted by Crippen LogP contribution is -2.50. The van der Waals surface area contributed by atoms with Gasteiger partial charge in [0, 0.05) is 12.6 Å². The number of nitrogens with zero attached hydrogens (tertiary/aromatic N) is 1. The van der Waals surface area contributed by atoms with Crippen LogP contribution in [-0.4, -0.2) is 35.8 Å². The summed E-state index contributed by atoms with van der Waals surface area (Å²) in [5.41, 5.74) is 0. The van der Waals surface area contributed by atoms with Crippen LogP contribution < -0.4 is 5.32 Å². The molecule has 0 aromatic carbocycles. The molecule has 3 fully saturated rings. The van der Waals surface area contributed by atoms with Crippen molar-refractivity contribution in [1.29, 1.82) is 0 Å². The van der Waals surface area contributed by atoms with Crippen LogP contribution >= 0.6 is 0 Å². The first kappa shape index (κ1) is 14.1. The second kappa shape index (κ2) is 5.47. The molecule has 2 amide bonds. The molecule has 0 aromatic rings. The third kappa shape index (κ3) is 2.28. The van der Waals surface area contributed by atoms with Gasteiger partial charge in [0.2, 0.25) is 11.8 Å². The summed E-state index contributed by atoms with van der Waals surface area (Å²) in [5, 5.41) is 3.52. The molecule has 20 heavy (non-hydrogen) atoms. The van der Waals surface area contributed by atoms with E-state index >= 15 is 0 Å². The lowest BCUT2D eigenvalue weighted by molar-refractivity contribution is -0.141. The molecule has 1 aliphatic carbocycles. The van der Waals surface area contributed by atoms with Gasteiger partial charge in [0.1, 0.15) is 0 Å². The molecule has 0 bridgehead atoms. The SMILES string of the molecule is CCC1CCCNC1CN1C(=O)C2CC(C)CC2C1=O. The quantitative estimate of drug-likeness (QED) is 0.801. The average Bonchev–Trinajstić information content (AvgIpc) is 2.93. The summed E-state index contributed by atoms with van der Waals surface area (Å²) < 4.78 is 0. The topological polar surface area (TPSA) is 49.4 Å². The smallest absolute Gasteiger partial charge is 0.233 e. The first-order valence-electron chi connectivity index (χ1n) is 8.20. The Labute approximate surface area is 121 Å². The largest absolute Gasteiger partial charge is 0.312 e. The van der Waals surface area contributed by atoms with E-state index in [0.717, 1.165) is 25.8 Å². The molecule has 3 rings (SSSR count). The van der Waals surface area contributed by atoms with E-state index in [9.17, 15) is 9.59 Å². The lowest BCUT2D eigenvalue weighted by Gasteiger charge is -2.34. The highest BCUT2D eigenvalue weighted by atomic mass is 16.2. The highest BCUT2D eigenvalue weighted by Crippen LogP contribution is 2.43. The molecule has 112 valence electrons. The molecule has 3 aliphatic rings. The number of imide groups is 1. The summed E-state index contributed by atoms with van der Waals surface area (Å²) in [6.45, 7) is 5.96. The van der Waals surface area contributed by atoms with Crippen LogP contribution in [0.2, 0.25) is 0 Å². The maximum absolute atomic E-state index is 12.5. The van der Waals surface area contributed by atoms with E-state index in [1.807, 2.05) is 0 Å². The van der Waals surface area contributed by atoms with E-state index in [1.165, 1.54) is 12.8 Å². The van der Waals surface area contributed by atoms with Crippen LogP contribution in [0.4, 0.5) is 0 Å². The van der Waals surface area contributed by atoms with Crippen molar-refractivity contribution in [2.45, 2.75) is 52.0 Å². The van der Waals surface area contributed by atoms with Crippen LogP contribution in [-0.2, 0) is 9.59 Å². The van der Waals surface area contributed by atoms with E-state index in [4.69, 9.17) is 0 Å². The molecule has 0 spiro atoms. The minimum absolute atomic E-state index is 0.0128. The zero-order valence-electron chi connectivity index (χ0n) is 12.6. The Hall–Kier alpha value is -0.900. The summed E-state index contributed by atoms with van der Waals surface area (Å²) >= 11 is 0. The molecule has 0 aromatic heterocycles. The Kier molecular flexibility index (Phi) is 3.85. The van der Waals surface area contributed by atoms with Gasteiger partial charge in [0.15, 0.2) is 0 Å². The Balaban J connectivity index is 1.69. The first-order chi connectivity index (χ1) is 9.61. The number of hydrogen-bond acceptors (Lipinski definition) is 3. The molecule has 1 N–H and O–H groups in total. The predicted molar refractivity (Wildman–Crippen MR) is 76.9 cm³/mol.